The van der Waals surface area contributed by atoms with E-state index in [0.717, 1.165) is 47.8 Å². The van der Waals surface area contributed by atoms with Crippen molar-refractivity contribution in [2.45, 2.75) is 12.3 Å². The first-order valence-electron chi connectivity index (χ1n) is 10.5. The number of nitrogens with zero attached hydrogens (tertiary/aromatic N) is 5. The van der Waals surface area contributed by atoms with Crippen molar-refractivity contribution in [3.05, 3.63) is 91.5 Å². The average molecular weight is 425 g/mol. The highest BCUT2D eigenvalue weighted by Gasteiger charge is 2.29. The van der Waals surface area contributed by atoms with E-state index in [1.807, 2.05) is 52.9 Å². The van der Waals surface area contributed by atoms with Gasteiger partial charge in [-0.25, -0.2) is 15.0 Å². The molecule has 4 aromatic rings. The van der Waals surface area contributed by atoms with E-state index in [0.29, 0.717) is 17.6 Å². The van der Waals surface area contributed by atoms with Crippen LogP contribution in [0.15, 0.2) is 85.9 Å². The third kappa shape index (κ3) is 3.58. The van der Waals surface area contributed by atoms with Crippen molar-refractivity contribution in [1.82, 2.24) is 24.3 Å². The maximum absolute atomic E-state index is 6.28. The van der Waals surface area contributed by atoms with E-state index < -0.39 is 0 Å². The first kappa shape index (κ1) is 19.8. The Bertz CT molecular complexity index is 1280. The lowest BCUT2D eigenvalue weighted by Gasteiger charge is -2.17. The fourth-order valence-electron chi connectivity index (χ4n) is 4.15. The monoisotopic (exact) mass is 424 g/mol. The molecule has 4 heterocycles. The summed E-state index contributed by atoms with van der Waals surface area (Å²) in [4.78, 5) is 15.8. The van der Waals surface area contributed by atoms with E-state index in [1.54, 1.807) is 18.5 Å². The van der Waals surface area contributed by atoms with Crippen LogP contribution in [-0.4, -0.2) is 37.3 Å². The lowest BCUT2D eigenvalue weighted by atomic mass is 10.0. The summed E-state index contributed by atoms with van der Waals surface area (Å²) in [5, 5.41) is 0. The summed E-state index contributed by atoms with van der Waals surface area (Å²) in [6, 6.07) is 15.3. The zero-order chi connectivity index (χ0) is 22.1. The molecule has 1 saturated heterocycles. The molecule has 1 unspecified atom stereocenters. The summed E-state index contributed by atoms with van der Waals surface area (Å²) < 4.78 is 7.74. The highest BCUT2D eigenvalue weighted by atomic mass is 16.5. The molecule has 0 bridgehead atoms. The van der Waals surface area contributed by atoms with Crippen LogP contribution in [0.2, 0.25) is 0 Å². The average Bonchev–Trinajstić information content (AvgIpc) is 3.46. The highest BCUT2D eigenvalue weighted by Crippen LogP contribution is 2.35. The molecule has 2 N–H and O–H groups in total. The predicted octanol–water partition coefficient (Wildman–Crippen LogP) is 4.65. The van der Waals surface area contributed by atoms with Gasteiger partial charge in [0.25, 0.3) is 0 Å². The molecule has 1 aliphatic rings. The maximum atomic E-state index is 6.28. The molecule has 160 valence electrons. The van der Waals surface area contributed by atoms with E-state index in [2.05, 4.69) is 28.0 Å². The van der Waals surface area contributed by atoms with Gasteiger partial charge in [0.2, 0.25) is 11.8 Å². The fourth-order valence-corrected chi connectivity index (χ4v) is 4.15. The normalized spacial score (nSPS) is 15.8. The number of hydrogen-bond acceptors (Lipinski definition) is 6. The van der Waals surface area contributed by atoms with Crippen LogP contribution in [0.25, 0.3) is 16.9 Å². The minimum absolute atomic E-state index is 0.281. The third-order valence-corrected chi connectivity index (χ3v) is 5.80. The summed E-state index contributed by atoms with van der Waals surface area (Å²) in [7, 11) is 0. The molecule has 1 aliphatic heterocycles. The number of nitrogen functional groups attached to an aromatic ring is 1. The molecule has 5 rings (SSSR count). The number of allylic oxidation sites excluding steroid dienone is 1. The Labute approximate surface area is 186 Å². The number of rotatable bonds is 6. The number of hydrogen-bond donors (Lipinski definition) is 1. The number of nitrogens with two attached hydrogens (primary N) is 1. The molecule has 0 amide bonds. The van der Waals surface area contributed by atoms with Crippen molar-refractivity contribution < 1.29 is 4.74 Å². The number of pyridine rings is 1. The van der Waals surface area contributed by atoms with E-state index in [1.165, 1.54) is 0 Å². The van der Waals surface area contributed by atoms with Crippen molar-refractivity contribution in [1.29, 1.82) is 0 Å². The van der Waals surface area contributed by atoms with Gasteiger partial charge in [-0.3, -0.25) is 4.40 Å². The van der Waals surface area contributed by atoms with E-state index >= 15 is 0 Å². The molecular weight excluding hydrogens is 400 g/mol. The van der Waals surface area contributed by atoms with Gasteiger partial charge in [0, 0.05) is 48.7 Å². The zero-order valence-electron chi connectivity index (χ0n) is 17.7. The zero-order valence-corrected chi connectivity index (χ0v) is 17.7. The van der Waals surface area contributed by atoms with E-state index in [-0.39, 0.29) is 5.92 Å². The Hall–Kier alpha value is -4.13. The Kier molecular flexibility index (Phi) is 5.07. The van der Waals surface area contributed by atoms with Crippen molar-refractivity contribution in [2.75, 3.05) is 18.8 Å². The summed E-state index contributed by atoms with van der Waals surface area (Å²) in [6.07, 6.45) is 6.23. The molecule has 0 radical (unpaired) electrons. The molecule has 1 atom stereocenters. The molecule has 0 saturated carbocycles. The Morgan fingerprint density at radius 1 is 1.09 bits per heavy atom. The number of fused-ring (bicyclic) bond motifs is 1. The van der Waals surface area contributed by atoms with Crippen LogP contribution in [0, 0.1) is 0 Å². The van der Waals surface area contributed by atoms with Crippen LogP contribution in [0.1, 0.15) is 18.0 Å². The number of likely N-dealkylation sites (tertiary alicyclic amines) is 1. The molecule has 3 aromatic heterocycles. The van der Waals surface area contributed by atoms with Gasteiger partial charge in [-0.2, -0.15) is 0 Å². The highest BCUT2D eigenvalue weighted by molar-refractivity contribution is 5.69. The van der Waals surface area contributed by atoms with Crippen LogP contribution in [0.4, 0.5) is 5.95 Å². The van der Waals surface area contributed by atoms with Crippen molar-refractivity contribution >= 4 is 11.5 Å². The second-order valence-corrected chi connectivity index (χ2v) is 7.77. The van der Waals surface area contributed by atoms with Crippen LogP contribution in [-0.2, 0) is 0 Å². The van der Waals surface area contributed by atoms with Gasteiger partial charge >= 0.3 is 0 Å². The molecule has 7 heteroatoms. The Morgan fingerprint density at radius 2 is 1.94 bits per heavy atom. The van der Waals surface area contributed by atoms with Crippen LogP contribution in [0.5, 0.6) is 11.6 Å². The van der Waals surface area contributed by atoms with Crippen molar-refractivity contribution in [3.63, 3.8) is 0 Å². The van der Waals surface area contributed by atoms with Crippen molar-refractivity contribution in [2.24, 2.45) is 0 Å². The van der Waals surface area contributed by atoms with E-state index in [4.69, 9.17) is 15.5 Å². The van der Waals surface area contributed by atoms with Crippen LogP contribution >= 0.6 is 0 Å². The number of benzene rings is 1. The van der Waals surface area contributed by atoms with Crippen molar-refractivity contribution in [3.8, 4) is 23.0 Å². The number of anilines is 1. The Balaban J connectivity index is 1.49. The molecular formula is C25H24N6O. The number of aromatic nitrogens is 4. The second kappa shape index (κ2) is 8.19. The number of imidazole rings is 1. The van der Waals surface area contributed by atoms with Gasteiger partial charge in [0.1, 0.15) is 11.6 Å². The summed E-state index contributed by atoms with van der Waals surface area (Å²) in [5.41, 5.74) is 10.2. The summed E-state index contributed by atoms with van der Waals surface area (Å²) >= 11 is 0. The summed E-state index contributed by atoms with van der Waals surface area (Å²) in [6.45, 7) is 9.72. The third-order valence-electron chi connectivity index (χ3n) is 5.80. The molecule has 0 aliphatic carbocycles. The first-order valence-corrected chi connectivity index (χ1v) is 10.5. The molecule has 0 spiro atoms. The van der Waals surface area contributed by atoms with Gasteiger partial charge in [-0.1, -0.05) is 19.2 Å². The Morgan fingerprint density at radius 3 is 2.69 bits per heavy atom. The largest absolute Gasteiger partial charge is 0.439 e. The fraction of sp³-hybridized carbons (Fsp3) is 0.160. The van der Waals surface area contributed by atoms with Gasteiger partial charge in [-0.05, 0) is 48.9 Å². The molecule has 1 aromatic carbocycles. The van der Waals surface area contributed by atoms with Gasteiger partial charge < -0.3 is 15.4 Å². The second-order valence-electron chi connectivity index (χ2n) is 7.77. The predicted molar refractivity (Wildman–Crippen MR) is 125 cm³/mol. The first-order chi connectivity index (χ1) is 15.6. The maximum Gasteiger partial charge on any atom is 0.219 e. The molecule has 32 heavy (non-hydrogen) atoms. The SMILES string of the molecule is C=CC(=C)N1CCC(c2nc(-c3ccc(Oc4ccccn4)cc3)n3c(N)nccc23)C1. The minimum Gasteiger partial charge on any atom is -0.439 e. The van der Waals surface area contributed by atoms with E-state index in [9.17, 15) is 0 Å². The quantitative estimate of drug-likeness (QED) is 0.454. The smallest absolute Gasteiger partial charge is 0.219 e. The van der Waals surface area contributed by atoms with Gasteiger partial charge in [-0.15, -0.1) is 0 Å². The topological polar surface area (TPSA) is 81.6 Å². The van der Waals surface area contributed by atoms with Gasteiger partial charge in [0.15, 0.2) is 0 Å². The standard InChI is InChI=1S/C25H24N6O/c1-3-17(2)30-15-12-19(16-30)23-21-11-14-28-25(26)31(21)24(29-23)18-7-9-20(10-8-18)32-22-6-4-5-13-27-22/h3-11,13-14,19H,1-2,12,15-16H2,(H2,26,28). The van der Waals surface area contributed by atoms with Crippen LogP contribution in [0.3, 0.4) is 0 Å². The lowest BCUT2D eigenvalue weighted by Crippen LogP contribution is -2.17. The van der Waals surface area contributed by atoms with Gasteiger partial charge in [0.05, 0.1) is 11.2 Å². The summed E-state index contributed by atoms with van der Waals surface area (Å²) in [5.74, 6) is 2.72. The number of ether oxygens (including phenoxy) is 1. The minimum atomic E-state index is 0.281. The lowest BCUT2D eigenvalue weighted by molar-refractivity contribution is 0.435. The molecule has 7 nitrogen and oxygen atoms in total. The van der Waals surface area contributed by atoms with Crippen LogP contribution < -0.4 is 10.5 Å². The molecule has 1 fully saturated rings.